The van der Waals surface area contributed by atoms with E-state index >= 15 is 0 Å². The van der Waals surface area contributed by atoms with E-state index in [1.807, 2.05) is 16.7 Å². The van der Waals surface area contributed by atoms with Gasteiger partial charge in [0.1, 0.15) is 0 Å². The van der Waals surface area contributed by atoms with Crippen molar-refractivity contribution < 1.29 is 9.21 Å². The average molecular weight is 307 g/mol. The molecule has 7 nitrogen and oxygen atoms in total. The number of aryl methyl sites for hydroxylation is 1. The van der Waals surface area contributed by atoms with E-state index in [1.54, 1.807) is 0 Å². The first-order valence-corrected chi connectivity index (χ1v) is 8.33. The first-order valence-electron chi connectivity index (χ1n) is 8.33. The van der Waals surface area contributed by atoms with E-state index in [2.05, 4.69) is 15.1 Å². The van der Waals surface area contributed by atoms with Gasteiger partial charge in [0.25, 0.3) is 0 Å². The van der Waals surface area contributed by atoms with Crippen molar-refractivity contribution in [2.24, 2.45) is 0 Å². The summed E-state index contributed by atoms with van der Waals surface area (Å²) in [4.78, 5) is 18.7. The van der Waals surface area contributed by atoms with Gasteiger partial charge in [0.05, 0.1) is 6.54 Å². The van der Waals surface area contributed by atoms with Gasteiger partial charge in [0.2, 0.25) is 11.8 Å². The molecular formula is C15H25N5O2. The second-order valence-corrected chi connectivity index (χ2v) is 6.04. The number of aromatic nitrogens is 2. The number of hydrogen-bond acceptors (Lipinski definition) is 5. The lowest BCUT2D eigenvalue weighted by molar-refractivity contribution is 0.101. The Morgan fingerprint density at radius 1 is 0.955 bits per heavy atom. The number of urea groups is 1. The largest absolute Gasteiger partial charge is 0.424 e. The maximum atomic E-state index is 12.5. The van der Waals surface area contributed by atoms with Crippen LogP contribution in [0.1, 0.15) is 38.0 Å². The highest BCUT2D eigenvalue weighted by Crippen LogP contribution is 2.14. The van der Waals surface area contributed by atoms with Crippen LogP contribution in [0.4, 0.5) is 4.79 Å². The SMILES string of the molecule is CCc1nnc(CN2CCN(C(=O)N3CCCCC3)CC2)o1. The van der Waals surface area contributed by atoms with Crippen LogP contribution in [0, 0.1) is 0 Å². The third-order valence-corrected chi connectivity index (χ3v) is 4.44. The summed E-state index contributed by atoms with van der Waals surface area (Å²) in [6.07, 6.45) is 4.30. The van der Waals surface area contributed by atoms with Crippen molar-refractivity contribution >= 4 is 6.03 Å². The zero-order valence-corrected chi connectivity index (χ0v) is 13.3. The first kappa shape index (κ1) is 15.3. The summed E-state index contributed by atoms with van der Waals surface area (Å²) in [5.41, 5.74) is 0. The molecule has 0 saturated carbocycles. The van der Waals surface area contributed by atoms with Crippen LogP contribution in [0.3, 0.4) is 0 Å². The van der Waals surface area contributed by atoms with Gasteiger partial charge in [0.15, 0.2) is 0 Å². The number of carbonyl (C=O) groups excluding carboxylic acids is 1. The second-order valence-electron chi connectivity index (χ2n) is 6.04. The third-order valence-electron chi connectivity index (χ3n) is 4.44. The molecule has 2 aliphatic heterocycles. The highest BCUT2D eigenvalue weighted by Gasteiger charge is 2.26. The molecule has 1 aromatic rings. The molecule has 1 aromatic heterocycles. The monoisotopic (exact) mass is 307 g/mol. The van der Waals surface area contributed by atoms with Gasteiger partial charge >= 0.3 is 6.03 Å². The quantitative estimate of drug-likeness (QED) is 0.843. The van der Waals surface area contributed by atoms with Crippen molar-refractivity contribution in [3.05, 3.63) is 11.8 Å². The fourth-order valence-electron chi connectivity index (χ4n) is 3.07. The second kappa shape index (κ2) is 7.09. The van der Waals surface area contributed by atoms with Gasteiger partial charge in [-0.05, 0) is 19.3 Å². The van der Waals surface area contributed by atoms with Gasteiger partial charge < -0.3 is 14.2 Å². The van der Waals surface area contributed by atoms with Gasteiger partial charge in [-0.3, -0.25) is 4.90 Å². The Morgan fingerprint density at radius 2 is 1.59 bits per heavy atom. The number of likely N-dealkylation sites (tertiary alicyclic amines) is 1. The lowest BCUT2D eigenvalue weighted by Gasteiger charge is -2.38. The highest BCUT2D eigenvalue weighted by atomic mass is 16.4. The topological polar surface area (TPSA) is 65.7 Å². The molecule has 3 heterocycles. The Balaban J connectivity index is 1.46. The molecule has 0 N–H and O–H groups in total. The number of piperazine rings is 1. The fourth-order valence-corrected chi connectivity index (χ4v) is 3.07. The van der Waals surface area contributed by atoms with Gasteiger partial charge in [-0.25, -0.2) is 4.79 Å². The number of carbonyl (C=O) groups is 1. The van der Waals surface area contributed by atoms with Crippen LogP contribution in [0.25, 0.3) is 0 Å². The Bertz CT molecular complexity index is 490. The van der Waals surface area contributed by atoms with E-state index in [4.69, 9.17) is 4.42 Å². The molecule has 0 aromatic carbocycles. The summed E-state index contributed by atoms with van der Waals surface area (Å²) >= 11 is 0. The maximum Gasteiger partial charge on any atom is 0.320 e. The molecule has 0 atom stereocenters. The summed E-state index contributed by atoms with van der Waals surface area (Å²) in [5.74, 6) is 1.36. The molecule has 0 bridgehead atoms. The lowest BCUT2D eigenvalue weighted by atomic mass is 10.1. The molecule has 2 fully saturated rings. The minimum absolute atomic E-state index is 0.213. The van der Waals surface area contributed by atoms with Crippen molar-refractivity contribution in [1.82, 2.24) is 24.9 Å². The smallest absolute Gasteiger partial charge is 0.320 e. The van der Waals surface area contributed by atoms with Gasteiger partial charge in [0, 0.05) is 45.7 Å². The van der Waals surface area contributed by atoms with Crippen LogP contribution in [-0.4, -0.2) is 70.2 Å². The molecule has 2 saturated heterocycles. The van der Waals surface area contributed by atoms with Crippen LogP contribution in [0.5, 0.6) is 0 Å². The summed E-state index contributed by atoms with van der Waals surface area (Å²) < 4.78 is 5.55. The van der Waals surface area contributed by atoms with E-state index in [0.29, 0.717) is 18.3 Å². The lowest BCUT2D eigenvalue weighted by Crippen LogP contribution is -2.53. The average Bonchev–Trinajstić information content (AvgIpc) is 3.03. The van der Waals surface area contributed by atoms with Gasteiger partial charge in [-0.2, -0.15) is 0 Å². The summed E-state index contributed by atoms with van der Waals surface area (Å²) in [7, 11) is 0. The molecule has 0 radical (unpaired) electrons. The van der Waals surface area contributed by atoms with E-state index in [9.17, 15) is 4.79 Å². The van der Waals surface area contributed by atoms with Crippen molar-refractivity contribution in [3.63, 3.8) is 0 Å². The van der Waals surface area contributed by atoms with Crippen LogP contribution < -0.4 is 0 Å². The van der Waals surface area contributed by atoms with E-state index in [-0.39, 0.29) is 6.03 Å². The third kappa shape index (κ3) is 3.58. The number of rotatable bonds is 3. The zero-order chi connectivity index (χ0) is 15.4. The predicted molar refractivity (Wildman–Crippen MR) is 81.3 cm³/mol. The molecule has 2 amide bonds. The summed E-state index contributed by atoms with van der Waals surface area (Å²) in [6, 6.07) is 0.213. The number of piperidine rings is 1. The predicted octanol–water partition coefficient (Wildman–Crippen LogP) is 1.36. The van der Waals surface area contributed by atoms with Crippen molar-refractivity contribution in [2.45, 2.75) is 39.2 Å². The summed E-state index contributed by atoms with van der Waals surface area (Å²) in [6.45, 7) is 7.81. The van der Waals surface area contributed by atoms with Crippen LogP contribution in [0.2, 0.25) is 0 Å². The first-order chi connectivity index (χ1) is 10.8. The maximum absolute atomic E-state index is 12.5. The number of amides is 2. The Morgan fingerprint density at radius 3 is 2.23 bits per heavy atom. The molecule has 0 aliphatic carbocycles. The summed E-state index contributed by atoms with van der Waals surface area (Å²) in [5, 5.41) is 8.05. The molecule has 7 heteroatoms. The molecule has 3 rings (SSSR count). The zero-order valence-electron chi connectivity index (χ0n) is 13.3. The minimum atomic E-state index is 0.213. The Hall–Kier alpha value is -1.63. The van der Waals surface area contributed by atoms with Crippen molar-refractivity contribution in [1.29, 1.82) is 0 Å². The van der Waals surface area contributed by atoms with Crippen LogP contribution in [-0.2, 0) is 13.0 Å². The Labute approximate surface area is 131 Å². The van der Waals surface area contributed by atoms with Crippen LogP contribution >= 0.6 is 0 Å². The number of hydrogen-bond donors (Lipinski definition) is 0. The highest BCUT2D eigenvalue weighted by molar-refractivity contribution is 5.74. The molecule has 2 aliphatic rings. The molecule has 0 spiro atoms. The molecule has 0 unspecified atom stereocenters. The van der Waals surface area contributed by atoms with E-state index < -0.39 is 0 Å². The van der Waals surface area contributed by atoms with Gasteiger partial charge in [-0.15, -0.1) is 10.2 Å². The van der Waals surface area contributed by atoms with Crippen molar-refractivity contribution in [2.75, 3.05) is 39.3 Å². The minimum Gasteiger partial charge on any atom is -0.424 e. The molecular weight excluding hydrogens is 282 g/mol. The standard InChI is InChI=1S/C15H25N5O2/c1-2-13-16-17-14(22-13)12-18-8-10-20(11-9-18)15(21)19-6-4-3-5-7-19/h2-12H2,1H3. The molecule has 22 heavy (non-hydrogen) atoms. The Kier molecular flexibility index (Phi) is 4.92. The number of nitrogens with zero attached hydrogens (tertiary/aromatic N) is 5. The fraction of sp³-hybridized carbons (Fsp3) is 0.800. The van der Waals surface area contributed by atoms with Gasteiger partial charge in [-0.1, -0.05) is 6.92 Å². The van der Waals surface area contributed by atoms with E-state index in [1.165, 1.54) is 6.42 Å². The van der Waals surface area contributed by atoms with E-state index in [0.717, 1.165) is 58.5 Å². The molecule has 122 valence electrons. The van der Waals surface area contributed by atoms with Crippen molar-refractivity contribution in [3.8, 4) is 0 Å². The normalized spacial score (nSPS) is 20.4. The van der Waals surface area contributed by atoms with Crippen LogP contribution in [0.15, 0.2) is 4.42 Å².